The van der Waals surface area contributed by atoms with Crippen LogP contribution in [0.4, 0.5) is 0 Å². The van der Waals surface area contributed by atoms with Gasteiger partial charge < -0.3 is 10.2 Å². The van der Waals surface area contributed by atoms with E-state index in [-0.39, 0.29) is 30.1 Å². The van der Waals surface area contributed by atoms with Crippen molar-refractivity contribution in [3.63, 3.8) is 0 Å². The Morgan fingerprint density at radius 3 is 1.05 bits per heavy atom. The summed E-state index contributed by atoms with van der Waals surface area (Å²) in [5.41, 5.74) is 0. The molecule has 101 valence electrons. The third-order valence-electron chi connectivity index (χ3n) is 2.04. The summed E-state index contributed by atoms with van der Waals surface area (Å²) in [5.74, 6) is 0.144. The molecule has 1 radical (unpaired) electrons. The van der Waals surface area contributed by atoms with Crippen LogP contribution >= 0.6 is 0 Å². The quantitative estimate of drug-likeness (QED) is 0.599. The van der Waals surface area contributed by atoms with Crippen LogP contribution in [0.5, 0.6) is 11.5 Å². The fourth-order valence-corrected chi connectivity index (χ4v) is 1.16. The third-order valence-corrected chi connectivity index (χ3v) is 2.04. The summed E-state index contributed by atoms with van der Waals surface area (Å²) < 4.78 is 0. The average molecular weight is 302 g/mol. The Kier molecular flexibility index (Phi) is 10.8. The maximum Gasteiger partial charge on any atom is 2.00 e. The molecule has 0 atom stereocenters. The summed E-state index contributed by atoms with van der Waals surface area (Å²) in [7, 11) is 0. The van der Waals surface area contributed by atoms with Crippen molar-refractivity contribution in [3.8, 4) is 11.5 Å². The normalized spacial score (nSPS) is 8.00. The standard InChI is InChI=1S/2C6H6O.C5H5.V/c2*7-6-4-2-1-3-5-6;1-2-4-5-3-1;/h2*1-5,7H;1-5H;/q;;-1;+2/p-2. The van der Waals surface area contributed by atoms with Gasteiger partial charge in [-0.1, -0.05) is 60.7 Å². The zero-order valence-electron chi connectivity index (χ0n) is 10.9. The molecule has 2 nitrogen and oxygen atoms in total. The second-order valence-electron chi connectivity index (χ2n) is 3.59. The van der Waals surface area contributed by atoms with Crippen LogP contribution in [-0.4, -0.2) is 0 Å². The molecule has 0 amide bonds. The molecule has 0 saturated heterocycles. The molecule has 0 fully saturated rings. The van der Waals surface area contributed by atoms with E-state index in [4.69, 9.17) is 0 Å². The minimum absolute atomic E-state index is 0. The molecule has 0 saturated carbocycles. The number of rotatable bonds is 0. The van der Waals surface area contributed by atoms with Crippen LogP contribution in [-0.2, 0) is 18.6 Å². The molecule has 0 unspecified atom stereocenters. The third kappa shape index (κ3) is 9.95. The molecular formula is C17H15O2V-. The maximum atomic E-state index is 10.3. The number of para-hydroxylation sites is 2. The predicted molar refractivity (Wildman–Crippen MR) is 73.8 cm³/mol. The summed E-state index contributed by atoms with van der Waals surface area (Å²) in [5, 5.41) is 20.5. The van der Waals surface area contributed by atoms with Crippen LogP contribution in [0.25, 0.3) is 0 Å². The van der Waals surface area contributed by atoms with Crippen molar-refractivity contribution in [2.24, 2.45) is 0 Å². The van der Waals surface area contributed by atoms with Gasteiger partial charge in [-0.15, -0.1) is 11.5 Å². The summed E-state index contributed by atoms with van der Waals surface area (Å²) in [6.45, 7) is 0. The van der Waals surface area contributed by atoms with E-state index in [1.165, 1.54) is 24.3 Å². The largest absolute Gasteiger partial charge is 2.00 e. The topological polar surface area (TPSA) is 46.1 Å². The SMILES string of the molecule is [O-]c1ccccc1.[O-]c1ccccc1.[V+2].c1cc[cH-]c1. The van der Waals surface area contributed by atoms with E-state index in [1.54, 1.807) is 24.3 Å². The molecule has 0 aliphatic carbocycles. The monoisotopic (exact) mass is 302 g/mol. The predicted octanol–water partition coefficient (Wildman–Crippen LogP) is 2.92. The first-order valence-electron chi connectivity index (χ1n) is 5.90. The Labute approximate surface area is 131 Å². The van der Waals surface area contributed by atoms with Gasteiger partial charge in [0.2, 0.25) is 0 Å². The summed E-state index contributed by atoms with van der Waals surface area (Å²) in [4.78, 5) is 0. The van der Waals surface area contributed by atoms with Crippen LogP contribution in [0, 0.1) is 0 Å². The fourth-order valence-electron chi connectivity index (χ4n) is 1.16. The first kappa shape index (κ1) is 18.0. The maximum absolute atomic E-state index is 10.3. The molecule has 3 aromatic rings. The Bertz CT molecular complexity index is 452. The van der Waals surface area contributed by atoms with Crippen LogP contribution in [0.3, 0.4) is 0 Å². The van der Waals surface area contributed by atoms with Gasteiger partial charge in [0.15, 0.2) is 0 Å². The van der Waals surface area contributed by atoms with Gasteiger partial charge in [0.25, 0.3) is 0 Å². The van der Waals surface area contributed by atoms with Gasteiger partial charge in [-0.25, -0.2) is 12.1 Å². The van der Waals surface area contributed by atoms with Gasteiger partial charge in [-0.05, 0) is 0 Å². The van der Waals surface area contributed by atoms with Crippen LogP contribution in [0.2, 0.25) is 0 Å². The Morgan fingerprint density at radius 2 is 0.900 bits per heavy atom. The fraction of sp³-hybridized carbons (Fsp3) is 0. The minimum Gasteiger partial charge on any atom is -0.872 e. The summed E-state index contributed by atoms with van der Waals surface area (Å²) >= 11 is 0. The zero-order chi connectivity index (χ0) is 13.8. The van der Waals surface area contributed by atoms with Gasteiger partial charge >= 0.3 is 18.6 Å². The molecule has 0 aliphatic heterocycles. The Morgan fingerprint density at radius 1 is 0.550 bits per heavy atom. The molecular weight excluding hydrogens is 287 g/mol. The Hall–Kier alpha value is -2.03. The van der Waals surface area contributed by atoms with E-state index in [0.717, 1.165) is 0 Å². The molecule has 0 aliphatic rings. The van der Waals surface area contributed by atoms with Gasteiger partial charge in [-0.2, -0.15) is 18.2 Å². The number of hydrogen-bond donors (Lipinski definition) is 0. The Balaban J connectivity index is 0.000000268. The van der Waals surface area contributed by atoms with E-state index in [1.807, 2.05) is 42.5 Å². The minimum atomic E-state index is 0. The smallest absolute Gasteiger partial charge is 0.872 e. The zero-order valence-corrected chi connectivity index (χ0v) is 12.3. The van der Waals surface area contributed by atoms with Crippen molar-refractivity contribution < 1.29 is 28.8 Å². The van der Waals surface area contributed by atoms with E-state index in [2.05, 4.69) is 0 Å². The van der Waals surface area contributed by atoms with Crippen molar-refractivity contribution in [2.45, 2.75) is 0 Å². The van der Waals surface area contributed by atoms with Crippen LogP contribution in [0.15, 0.2) is 91.0 Å². The molecule has 0 N–H and O–H groups in total. The van der Waals surface area contributed by atoms with Crippen molar-refractivity contribution in [1.29, 1.82) is 0 Å². The van der Waals surface area contributed by atoms with Crippen LogP contribution < -0.4 is 10.2 Å². The van der Waals surface area contributed by atoms with E-state index in [9.17, 15) is 10.2 Å². The van der Waals surface area contributed by atoms with Crippen molar-refractivity contribution in [3.05, 3.63) is 91.0 Å². The van der Waals surface area contributed by atoms with Crippen molar-refractivity contribution in [1.82, 2.24) is 0 Å². The molecule has 0 bridgehead atoms. The van der Waals surface area contributed by atoms with E-state index in [0.29, 0.717) is 0 Å². The van der Waals surface area contributed by atoms with E-state index >= 15 is 0 Å². The van der Waals surface area contributed by atoms with Gasteiger partial charge in [-0.3, -0.25) is 0 Å². The van der Waals surface area contributed by atoms with Gasteiger partial charge in [0, 0.05) is 0 Å². The molecule has 3 heteroatoms. The summed E-state index contributed by atoms with van der Waals surface area (Å²) in [6, 6.07) is 26.7. The number of benzene rings is 2. The van der Waals surface area contributed by atoms with Gasteiger partial charge in [0.05, 0.1) is 0 Å². The molecule has 20 heavy (non-hydrogen) atoms. The second kappa shape index (κ2) is 12.0. The van der Waals surface area contributed by atoms with Crippen LogP contribution in [0.1, 0.15) is 0 Å². The molecule has 3 rings (SSSR count). The van der Waals surface area contributed by atoms with E-state index < -0.39 is 0 Å². The van der Waals surface area contributed by atoms with Gasteiger partial charge in [0.1, 0.15) is 0 Å². The van der Waals surface area contributed by atoms with Crippen molar-refractivity contribution >= 4 is 0 Å². The molecule has 0 heterocycles. The first-order valence-corrected chi connectivity index (χ1v) is 5.90. The molecule has 0 aromatic heterocycles. The average Bonchev–Trinajstić information content (AvgIpc) is 3.00. The van der Waals surface area contributed by atoms with Crippen molar-refractivity contribution in [2.75, 3.05) is 0 Å². The first-order chi connectivity index (χ1) is 9.29. The second-order valence-corrected chi connectivity index (χ2v) is 3.59. The molecule has 0 spiro atoms. The summed E-state index contributed by atoms with van der Waals surface area (Å²) in [6.07, 6.45) is 0. The molecule has 3 aromatic carbocycles. The number of hydrogen-bond acceptors (Lipinski definition) is 2.